The van der Waals surface area contributed by atoms with Crippen molar-refractivity contribution in [3.63, 3.8) is 0 Å². The maximum Gasteiger partial charge on any atom is 0.224 e. The summed E-state index contributed by atoms with van der Waals surface area (Å²) < 4.78 is 0. The minimum Gasteiger partial charge on any atom is -0.379 e. The van der Waals surface area contributed by atoms with Gasteiger partial charge in [-0.05, 0) is 53.8 Å². The molecule has 0 aliphatic carbocycles. The highest BCUT2D eigenvalue weighted by atomic mass is 16.1. The average Bonchev–Trinajstić information content (AvgIpc) is 2.66. The Hall–Kier alpha value is -3.08. The van der Waals surface area contributed by atoms with Crippen LogP contribution in [0, 0.1) is 0 Å². The van der Waals surface area contributed by atoms with Crippen molar-refractivity contribution in [2.75, 3.05) is 24.2 Å². The van der Waals surface area contributed by atoms with Gasteiger partial charge in [0, 0.05) is 45.2 Å². The van der Waals surface area contributed by atoms with Crippen LogP contribution in [0.5, 0.6) is 0 Å². The second-order valence-corrected chi connectivity index (χ2v) is 7.31. The van der Waals surface area contributed by atoms with Crippen LogP contribution in [-0.4, -0.2) is 29.4 Å². The van der Waals surface area contributed by atoms with Crippen molar-refractivity contribution in [1.82, 2.24) is 9.88 Å². The Bertz CT molecular complexity index is 931. The van der Waals surface area contributed by atoms with Crippen LogP contribution in [0.3, 0.4) is 0 Å². The maximum absolute atomic E-state index is 11.9. The van der Waals surface area contributed by atoms with Gasteiger partial charge >= 0.3 is 0 Å². The molecule has 5 nitrogen and oxygen atoms in total. The molecule has 5 heteroatoms. The third kappa shape index (κ3) is 3.87. The molecule has 1 amide bonds. The van der Waals surface area contributed by atoms with Gasteiger partial charge in [-0.25, -0.2) is 0 Å². The fourth-order valence-corrected chi connectivity index (χ4v) is 3.69. The Balaban J connectivity index is 1.71. The number of carbonyl (C=O) groups excluding carboxylic acids is 1. The van der Waals surface area contributed by atoms with Gasteiger partial charge in [-0.1, -0.05) is 17.7 Å². The molecule has 2 N–H and O–H groups in total. The number of hydrogen-bond donors (Lipinski definition) is 2. The summed E-state index contributed by atoms with van der Waals surface area (Å²) in [7, 11) is 2.09. The van der Waals surface area contributed by atoms with Crippen LogP contribution < -0.4 is 10.6 Å². The predicted octanol–water partition coefficient (Wildman–Crippen LogP) is 3.81. The molecule has 0 saturated carbocycles. The quantitative estimate of drug-likeness (QED) is 0.870. The summed E-state index contributed by atoms with van der Waals surface area (Å²) in [6.07, 6.45) is 9.35. The number of pyridine rings is 1. The van der Waals surface area contributed by atoms with Gasteiger partial charge < -0.3 is 15.5 Å². The third-order valence-electron chi connectivity index (χ3n) is 4.91. The van der Waals surface area contributed by atoms with Gasteiger partial charge in [0.2, 0.25) is 5.91 Å². The van der Waals surface area contributed by atoms with E-state index in [1.807, 2.05) is 18.3 Å². The van der Waals surface area contributed by atoms with Crippen LogP contribution in [0.1, 0.15) is 30.0 Å². The van der Waals surface area contributed by atoms with E-state index in [2.05, 4.69) is 58.9 Å². The number of nitrogens with one attached hydrogen (secondary N) is 2. The Kier molecular flexibility index (Phi) is 4.67. The largest absolute Gasteiger partial charge is 0.379 e. The summed E-state index contributed by atoms with van der Waals surface area (Å²) in [4.78, 5) is 18.3. The molecule has 3 heterocycles. The first-order valence-corrected chi connectivity index (χ1v) is 9.27. The van der Waals surface area contributed by atoms with E-state index in [1.54, 1.807) is 6.20 Å². The first-order valence-electron chi connectivity index (χ1n) is 9.27. The molecule has 0 saturated heterocycles. The number of aryl methyl sites for hydroxylation is 1. The van der Waals surface area contributed by atoms with Crippen molar-refractivity contribution in [2.24, 2.45) is 0 Å². The predicted molar refractivity (Wildman–Crippen MR) is 109 cm³/mol. The summed E-state index contributed by atoms with van der Waals surface area (Å²) >= 11 is 0. The molecular formula is C22H24N4O. The van der Waals surface area contributed by atoms with E-state index >= 15 is 0 Å². The van der Waals surface area contributed by atoms with E-state index in [4.69, 9.17) is 0 Å². The topological polar surface area (TPSA) is 57.3 Å². The molecule has 0 unspecified atom stereocenters. The van der Waals surface area contributed by atoms with E-state index in [1.165, 1.54) is 22.3 Å². The fraction of sp³-hybridized carbons (Fsp3) is 0.273. The first-order chi connectivity index (χ1) is 13.1. The number of nitrogens with zero attached hydrogens (tertiary/aromatic N) is 2. The molecule has 1 aromatic carbocycles. The van der Waals surface area contributed by atoms with E-state index in [0.717, 1.165) is 29.9 Å². The standard InChI is InChI=1S/C22H24N4O/c1-15-8-19(14-26(2)13-15)18-9-17-5-6-21(27)25-22(17)20(10-18)24-12-16-4-3-7-23-11-16/h3-4,7-11,14,24H,5-6,12-13H2,1-2H3,(H,25,27). The lowest BCUT2D eigenvalue weighted by molar-refractivity contribution is -0.116. The highest BCUT2D eigenvalue weighted by molar-refractivity contribution is 5.98. The molecule has 0 radical (unpaired) electrons. The number of hydrogen-bond acceptors (Lipinski definition) is 4. The number of anilines is 2. The number of carbonyl (C=O) groups is 1. The zero-order valence-corrected chi connectivity index (χ0v) is 15.7. The molecule has 0 bridgehead atoms. The maximum atomic E-state index is 11.9. The van der Waals surface area contributed by atoms with Gasteiger partial charge in [0.25, 0.3) is 0 Å². The van der Waals surface area contributed by atoms with Crippen molar-refractivity contribution < 1.29 is 4.79 Å². The van der Waals surface area contributed by atoms with Crippen molar-refractivity contribution in [2.45, 2.75) is 26.3 Å². The summed E-state index contributed by atoms with van der Waals surface area (Å²) in [6.45, 7) is 3.77. The Morgan fingerprint density at radius 3 is 2.96 bits per heavy atom. The van der Waals surface area contributed by atoms with Crippen LogP contribution in [-0.2, 0) is 17.8 Å². The highest BCUT2D eigenvalue weighted by Gasteiger charge is 2.20. The normalized spacial score (nSPS) is 16.2. The molecule has 0 atom stereocenters. The molecule has 2 aliphatic rings. The van der Waals surface area contributed by atoms with Gasteiger partial charge in [0.05, 0.1) is 11.4 Å². The summed E-state index contributed by atoms with van der Waals surface area (Å²) in [5, 5.41) is 6.55. The molecular weight excluding hydrogens is 336 g/mol. The van der Waals surface area contributed by atoms with Gasteiger partial charge in [-0.15, -0.1) is 0 Å². The smallest absolute Gasteiger partial charge is 0.224 e. The molecule has 0 fully saturated rings. The summed E-state index contributed by atoms with van der Waals surface area (Å²) in [6, 6.07) is 8.31. The second kappa shape index (κ2) is 7.27. The van der Waals surface area contributed by atoms with E-state index < -0.39 is 0 Å². The molecule has 27 heavy (non-hydrogen) atoms. The van der Waals surface area contributed by atoms with E-state index in [-0.39, 0.29) is 5.91 Å². The Morgan fingerprint density at radius 2 is 2.19 bits per heavy atom. The lowest BCUT2D eigenvalue weighted by atomic mass is 9.94. The van der Waals surface area contributed by atoms with Crippen LogP contribution in [0.25, 0.3) is 5.57 Å². The monoisotopic (exact) mass is 360 g/mol. The number of amides is 1. The SMILES string of the molecule is CC1=CC(c2cc3c(c(NCc4cccnc4)c2)NC(=O)CC3)=CN(C)C1. The van der Waals surface area contributed by atoms with Gasteiger partial charge in [0.1, 0.15) is 0 Å². The minimum atomic E-state index is 0.0760. The van der Waals surface area contributed by atoms with Crippen LogP contribution in [0.15, 0.2) is 54.5 Å². The minimum absolute atomic E-state index is 0.0760. The highest BCUT2D eigenvalue weighted by Crippen LogP contribution is 2.36. The zero-order valence-electron chi connectivity index (χ0n) is 15.7. The number of aromatic nitrogens is 1. The third-order valence-corrected chi connectivity index (χ3v) is 4.91. The van der Waals surface area contributed by atoms with Crippen molar-refractivity contribution in [3.8, 4) is 0 Å². The van der Waals surface area contributed by atoms with Crippen LogP contribution in [0.2, 0.25) is 0 Å². The number of allylic oxidation sites excluding steroid dienone is 2. The molecule has 0 spiro atoms. The molecule has 2 aliphatic heterocycles. The molecule has 138 valence electrons. The number of rotatable bonds is 4. The Labute approximate surface area is 159 Å². The summed E-state index contributed by atoms with van der Waals surface area (Å²) in [5.74, 6) is 0.0760. The van der Waals surface area contributed by atoms with Gasteiger partial charge in [-0.3, -0.25) is 9.78 Å². The lowest BCUT2D eigenvalue weighted by Crippen LogP contribution is -2.21. The average molecular weight is 360 g/mol. The first kappa shape index (κ1) is 17.3. The number of likely N-dealkylation sites (N-methyl/N-ethyl adjacent to an activating group) is 1. The molecule has 2 aromatic rings. The lowest BCUT2D eigenvalue weighted by Gasteiger charge is -2.25. The van der Waals surface area contributed by atoms with Crippen LogP contribution >= 0.6 is 0 Å². The van der Waals surface area contributed by atoms with Crippen LogP contribution in [0.4, 0.5) is 11.4 Å². The molecule has 4 rings (SSSR count). The van der Waals surface area contributed by atoms with Crippen molar-refractivity contribution >= 4 is 22.9 Å². The van der Waals surface area contributed by atoms with E-state index in [0.29, 0.717) is 13.0 Å². The van der Waals surface area contributed by atoms with Crippen molar-refractivity contribution in [1.29, 1.82) is 0 Å². The van der Waals surface area contributed by atoms with Crippen molar-refractivity contribution in [3.05, 3.63) is 71.2 Å². The number of fused-ring (bicyclic) bond motifs is 1. The second-order valence-electron chi connectivity index (χ2n) is 7.31. The van der Waals surface area contributed by atoms with E-state index in [9.17, 15) is 4.79 Å². The fourth-order valence-electron chi connectivity index (χ4n) is 3.69. The van der Waals surface area contributed by atoms with Gasteiger partial charge in [0.15, 0.2) is 0 Å². The number of benzene rings is 1. The summed E-state index contributed by atoms with van der Waals surface area (Å²) in [5.41, 5.74) is 7.86. The molecule has 1 aromatic heterocycles. The zero-order chi connectivity index (χ0) is 18.8. The Morgan fingerprint density at radius 1 is 1.30 bits per heavy atom. The van der Waals surface area contributed by atoms with Gasteiger partial charge in [-0.2, -0.15) is 0 Å².